The zero-order valence-electron chi connectivity index (χ0n) is 76.5. The van der Waals surface area contributed by atoms with E-state index in [4.69, 9.17) is 0 Å². The summed E-state index contributed by atoms with van der Waals surface area (Å²) in [4.78, 5) is 150. The molecule has 10 aromatic rings. The lowest BCUT2D eigenvalue weighted by molar-refractivity contribution is 0.00510. The predicted octanol–water partition coefficient (Wildman–Crippen LogP) is 7.47. The van der Waals surface area contributed by atoms with Crippen molar-refractivity contribution in [2.45, 2.75) is 321 Å². The summed E-state index contributed by atoms with van der Waals surface area (Å²) in [6.45, 7) is 15.4. The van der Waals surface area contributed by atoms with Crippen LogP contribution in [-0.2, 0) is 101 Å². The van der Waals surface area contributed by atoms with Crippen molar-refractivity contribution in [2.24, 2.45) is 94.4 Å². The molecule has 128 heavy (non-hydrogen) atoms. The minimum atomic E-state index is -0.612. The summed E-state index contributed by atoms with van der Waals surface area (Å²) in [6, 6.07) is 0. The Bertz CT molecular complexity index is 5450. The summed E-state index contributed by atoms with van der Waals surface area (Å²) in [6.07, 6.45) is 37.3. The lowest BCUT2D eigenvalue weighted by Crippen LogP contribution is -2.42. The normalized spacial score (nSPS) is 26.6. The summed E-state index contributed by atoms with van der Waals surface area (Å²) in [7, 11) is 8.41. The number of halogens is 1. The fraction of sp³-hybridized carbons (Fsp3) is 0.725. The highest BCUT2D eigenvalue weighted by Gasteiger charge is 2.38. The molecule has 0 aromatic carbocycles. The van der Waals surface area contributed by atoms with E-state index in [1.807, 2.05) is 57.5 Å². The topological polar surface area (TPSA) is 410 Å². The van der Waals surface area contributed by atoms with Gasteiger partial charge in [0.15, 0.2) is 55.8 Å². The first-order chi connectivity index (χ1) is 60.7. The Morgan fingerprint density at radius 3 is 0.516 bits per heavy atom. The van der Waals surface area contributed by atoms with Crippen molar-refractivity contribution in [2.75, 3.05) is 6.26 Å². The molecule has 0 atom stereocenters. The van der Waals surface area contributed by atoms with Crippen LogP contribution in [0.25, 0.3) is 55.8 Å². The maximum Gasteiger partial charge on any atom is 0.332 e. The van der Waals surface area contributed by atoms with E-state index in [1.54, 1.807) is 66.9 Å². The minimum absolute atomic E-state index is 0.228. The molecule has 37 heteroatoms. The van der Waals surface area contributed by atoms with Crippen LogP contribution in [0.15, 0.2) is 79.6 Å². The Balaban J connectivity index is 0.000000122. The predicted molar refractivity (Wildman–Crippen MR) is 487 cm³/mol. The molecule has 0 saturated heterocycles. The molecule has 10 heterocycles. The fourth-order valence-electron chi connectivity index (χ4n) is 19.7. The number of fused-ring (bicyclic) bond motifs is 5. The van der Waals surface area contributed by atoms with E-state index in [2.05, 4.69) is 24.9 Å². The smallest absolute Gasteiger partial charge is 0.332 e. The van der Waals surface area contributed by atoms with Gasteiger partial charge in [-0.3, -0.25) is 69.6 Å². The quantitative estimate of drug-likeness (QED) is 0.0493. The Kier molecular flexibility index (Phi) is 27.5. The number of rotatable bonds is 20. The van der Waals surface area contributed by atoms with Gasteiger partial charge in [-0.1, -0.05) is 0 Å². The Hall–Kier alpha value is -9.17. The van der Waals surface area contributed by atoms with Crippen LogP contribution in [0.5, 0.6) is 0 Å². The lowest BCUT2D eigenvalue weighted by atomic mass is 9.80. The molecule has 0 bridgehead atoms. The fourth-order valence-corrected chi connectivity index (χ4v) is 19.7. The van der Waals surface area contributed by atoms with Gasteiger partial charge < -0.3 is 48.4 Å². The molecular weight excluding hydrogens is 1660 g/mol. The maximum atomic E-state index is 13.0. The van der Waals surface area contributed by atoms with Crippen LogP contribution in [0.4, 0.5) is 3.89 Å². The Labute approximate surface area is 744 Å². The van der Waals surface area contributed by atoms with Crippen LogP contribution in [0.3, 0.4) is 0 Å². The van der Waals surface area contributed by atoms with Gasteiger partial charge in [0.25, 0.3) is 27.8 Å². The van der Waals surface area contributed by atoms with Crippen molar-refractivity contribution in [3.63, 3.8) is 0 Å². The first-order valence-corrected chi connectivity index (χ1v) is 47.8. The van der Waals surface area contributed by atoms with E-state index in [0.717, 1.165) is 96.9 Å². The standard InChI is InChI=1S/5C18H26N4O3.CH3FS/c5*1-18(25)7-5-13(6-8-18)10-22-16(23)14-15(20(2)17(22)24)19-11-21(14)9-12-3-4-12;1-3-2/h5*11-13,25H,3-10H2,1-2H3;1H3. The van der Waals surface area contributed by atoms with E-state index < -0.39 is 28.0 Å². The van der Waals surface area contributed by atoms with Gasteiger partial charge in [-0.05, 0) is 286 Å². The second-order valence-electron chi connectivity index (χ2n) is 41.2. The second-order valence-corrected chi connectivity index (χ2v) is 41.5. The highest BCUT2D eigenvalue weighted by molar-refractivity contribution is 7.93. The molecule has 0 spiro atoms. The lowest BCUT2D eigenvalue weighted by Gasteiger charge is -2.33. The molecule has 0 radical (unpaired) electrons. The highest BCUT2D eigenvalue weighted by Crippen LogP contribution is 2.40. The summed E-state index contributed by atoms with van der Waals surface area (Å²) in [5, 5.41) is 50.5. The van der Waals surface area contributed by atoms with Crippen LogP contribution >= 0.6 is 12.1 Å². The molecule has 10 aliphatic rings. The molecule has 0 aliphatic heterocycles. The summed E-state index contributed by atoms with van der Waals surface area (Å²) < 4.78 is 34.1. The van der Waals surface area contributed by atoms with E-state index in [-0.39, 0.29) is 98.0 Å². The van der Waals surface area contributed by atoms with E-state index in [9.17, 15) is 77.4 Å². The summed E-state index contributed by atoms with van der Waals surface area (Å²) in [5.74, 6) is 4.40. The van der Waals surface area contributed by atoms with Gasteiger partial charge >= 0.3 is 28.4 Å². The van der Waals surface area contributed by atoms with Crippen LogP contribution in [-0.4, -0.2) is 153 Å². The third-order valence-corrected chi connectivity index (χ3v) is 29.4. The van der Waals surface area contributed by atoms with E-state index >= 15 is 0 Å². The van der Waals surface area contributed by atoms with Gasteiger partial charge in [0.1, 0.15) is 0 Å². The largest absolute Gasteiger partial charge is 0.390 e. The van der Waals surface area contributed by atoms with Crippen LogP contribution in [0.1, 0.15) is 227 Å². The third-order valence-electron chi connectivity index (χ3n) is 29.4. The van der Waals surface area contributed by atoms with E-state index in [0.29, 0.717) is 182 Å². The molecule has 700 valence electrons. The number of nitrogens with zero attached hydrogens (tertiary/aromatic N) is 20. The van der Waals surface area contributed by atoms with Crippen molar-refractivity contribution in [1.29, 1.82) is 0 Å². The summed E-state index contributed by atoms with van der Waals surface area (Å²) >= 11 is 0.250. The molecule has 0 unspecified atom stereocenters. The van der Waals surface area contributed by atoms with Crippen molar-refractivity contribution in [3.8, 4) is 0 Å². The first kappa shape index (κ1) is 93.5. The zero-order chi connectivity index (χ0) is 91.5. The van der Waals surface area contributed by atoms with Crippen molar-refractivity contribution in [1.82, 2.24) is 93.4 Å². The first-order valence-electron chi connectivity index (χ1n) is 46.7. The van der Waals surface area contributed by atoms with Crippen LogP contribution in [0, 0.1) is 59.2 Å². The highest BCUT2D eigenvalue weighted by atomic mass is 32.2. The number of aryl methyl sites for hydroxylation is 5. The average Bonchev–Trinajstić information content (AvgIpc) is 1.70. The summed E-state index contributed by atoms with van der Waals surface area (Å²) in [5.41, 5.74) is -0.650. The minimum Gasteiger partial charge on any atom is -0.390 e. The molecular formula is C91H133FN20O15S. The second kappa shape index (κ2) is 37.6. The number of aliphatic hydroxyl groups is 5. The molecule has 10 aromatic heterocycles. The monoisotopic (exact) mass is 1800 g/mol. The number of aromatic nitrogens is 20. The SMILES string of the molecule is CSF.Cn1c(=O)n(CC2CCC(C)(O)CC2)c(=O)c2c1ncn2CC1CC1.Cn1c(=O)n(CC2CCC(C)(O)CC2)c(=O)c2c1ncn2CC1CC1.Cn1c(=O)n(CC2CCC(C)(O)CC2)c(=O)c2c1ncn2CC1CC1.Cn1c(=O)n(CC2CCC(C)(O)CC2)c(=O)c2c1ncn2CC1CC1.Cn1c(=O)n(CC2CCC(C)(O)CC2)c(=O)c2c1ncn2CC1CC1. The molecule has 5 N–H and O–H groups in total. The van der Waals surface area contributed by atoms with E-state index in [1.165, 1.54) is 116 Å². The molecule has 0 amide bonds. The average molecular weight is 1800 g/mol. The number of hydrogen-bond acceptors (Lipinski definition) is 21. The molecule has 10 saturated carbocycles. The Morgan fingerprint density at radius 1 is 0.266 bits per heavy atom. The van der Waals surface area contributed by atoms with Gasteiger partial charge in [-0.25, -0.2) is 48.9 Å². The third kappa shape index (κ3) is 21.4. The van der Waals surface area contributed by atoms with Gasteiger partial charge in [-0.2, -0.15) is 3.89 Å². The molecule has 10 fully saturated rings. The maximum absolute atomic E-state index is 13.0. The van der Waals surface area contributed by atoms with Gasteiger partial charge in [0, 0.05) is 119 Å². The molecule has 20 rings (SSSR count). The Morgan fingerprint density at radius 2 is 0.391 bits per heavy atom. The number of hydrogen-bond donors (Lipinski definition) is 5. The van der Waals surface area contributed by atoms with Crippen LogP contribution in [0.2, 0.25) is 0 Å². The zero-order valence-corrected chi connectivity index (χ0v) is 77.3. The van der Waals surface area contributed by atoms with Gasteiger partial charge in [0.05, 0.1) is 59.6 Å². The van der Waals surface area contributed by atoms with Crippen molar-refractivity contribution < 1.29 is 29.4 Å². The van der Waals surface area contributed by atoms with Crippen molar-refractivity contribution >= 4 is 68.0 Å². The van der Waals surface area contributed by atoms with Crippen molar-refractivity contribution in [3.05, 3.63) is 136 Å². The number of imidazole rings is 5. The molecule has 10 aliphatic carbocycles. The van der Waals surface area contributed by atoms with Gasteiger partial charge in [0.2, 0.25) is 0 Å². The van der Waals surface area contributed by atoms with Gasteiger partial charge in [-0.15, -0.1) is 0 Å². The van der Waals surface area contributed by atoms with Crippen LogP contribution < -0.4 is 56.2 Å². The molecule has 35 nitrogen and oxygen atoms in total.